The van der Waals surface area contributed by atoms with Crippen LogP contribution in [0.15, 0.2) is 0 Å². The zero-order valence-electron chi connectivity index (χ0n) is 9.57. The molecule has 1 N–H and O–H groups in total. The average Bonchev–Trinajstić information content (AvgIpc) is 2.27. The zero-order valence-corrected chi connectivity index (χ0v) is 9.57. The van der Waals surface area contributed by atoms with Crippen molar-refractivity contribution in [2.75, 3.05) is 26.3 Å². The minimum absolute atomic E-state index is 0.0313. The number of likely N-dealkylation sites (tertiary alicyclic amines) is 1. The highest BCUT2D eigenvalue weighted by atomic mass is 19.4. The van der Waals surface area contributed by atoms with Gasteiger partial charge in [0, 0.05) is 13.1 Å². The number of carboxylic acids is 1. The van der Waals surface area contributed by atoms with Crippen molar-refractivity contribution in [2.24, 2.45) is 5.92 Å². The quantitative estimate of drug-likeness (QED) is 0.823. The molecule has 1 atom stereocenters. The molecule has 0 aromatic heterocycles. The van der Waals surface area contributed by atoms with Crippen molar-refractivity contribution in [3.63, 3.8) is 0 Å². The first-order valence-corrected chi connectivity index (χ1v) is 5.44. The molecule has 5 nitrogen and oxygen atoms in total. The lowest BCUT2D eigenvalue weighted by Crippen LogP contribution is -2.44. The van der Waals surface area contributed by atoms with E-state index in [0.717, 1.165) is 0 Å². The molecule has 1 aliphatic heterocycles. The van der Waals surface area contributed by atoms with Crippen LogP contribution in [-0.4, -0.2) is 54.4 Å². The standard InChI is InChI=1S/C10H14F3NO4/c11-10(12,13)6-18-5-8(15)14-3-1-2-7(4-14)9(16)17/h7H,1-6H2,(H,16,17)/t7-/m0/s1. The second-order valence-corrected chi connectivity index (χ2v) is 4.13. The van der Waals surface area contributed by atoms with Gasteiger partial charge in [-0.05, 0) is 12.8 Å². The number of carbonyl (C=O) groups is 2. The summed E-state index contributed by atoms with van der Waals surface area (Å²) in [4.78, 5) is 23.5. The van der Waals surface area contributed by atoms with E-state index in [4.69, 9.17) is 5.11 Å². The lowest BCUT2D eigenvalue weighted by molar-refractivity contribution is -0.178. The Kier molecular flexibility index (Phi) is 4.94. The number of hydrogen-bond acceptors (Lipinski definition) is 3. The molecule has 104 valence electrons. The minimum atomic E-state index is -4.47. The number of amides is 1. The molecular weight excluding hydrogens is 255 g/mol. The van der Waals surface area contributed by atoms with E-state index in [1.54, 1.807) is 0 Å². The molecule has 1 fully saturated rings. The Labute approximate surface area is 102 Å². The molecule has 1 amide bonds. The van der Waals surface area contributed by atoms with Crippen LogP contribution in [0.25, 0.3) is 0 Å². The van der Waals surface area contributed by atoms with Crippen LogP contribution in [0.2, 0.25) is 0 Å². The average molecular weight is 269 g/mol. The summed E-state index contributed by atoms with van der Waals surface area (Å²) in [5.74, 6) is -2.25. The highest BCUT2D eigenvalue weighted by Crippen LogP contribution is 2.17. The lowest BCUT2D eigenvalue weighted by atomic mass is 9.98. The van der Waals surface area contributed by atoms with Crippen LogP contribution in [0, 0.1) is 5.92 Å². The number of ether oxygens (including phenoxy) is 1. The van der Waals surface area contributed by atoms with Gasteiger partial charge in [0.25, 0.3) is 0 Å². The molecule has 18 heavy (non-hydrogen) atoms. The van der Waals surface area contributed by atoms with Crippen LogP contribution in [-0.2, 0) is 14.3 Å². The zero-order chi connectivity index (χ0) is 13.8. The summed E-state index contributed by atoms with van der Waals surface area (Å²) in [7, 11) is 0. The monoisotopic (exact) mass is 269 g/mol. The largest absolute Gasteiger partial charge is 0.481 e. The normalized spacial score (nSPS) is 20.8. The molecule has 8 heteroatoms. The van der Waals surface area contributed by atoms with E-state index in [0.29, 0.717) is 19.4 Å². The third-order valence-corrected chi connectivity index (χ3v) is 2.61. The summed E-state index contributed by atoms with van der Waals surface area (Å²) in [6.45, 7) is -1.76. The third-order valence-electron chi connectivity index (χ3n) is 2.61. The molecule has 0 aromatic rings. The maximum atomic E-state index is 11.8. The lowest BCUT2D eigenvalue weighted by Gasteiger charge is -2.30. The Morgan fingerprint density at radius 3 is 2.61 bits per heavy atom. The number of hydrogen-bond donors (Lipinski definition) is 1. The fourth-order valence-corrected chi connectivity index (χ4v) is 1.75. The molecule has 0 aromatic carbocycles. The predicted molar refractivity (Wildman–Crippen MR) is 53.8 cm³/mol. The maximum Gasteiger partial charge on any atom is 0.411 e. The predicted octanol–water partition coefficient (Wildman–Crippen LogP) is 0.889. The molecule has 1 aliphatic rings. The Hall–Kier alpha value is -1.31. The van der Waals surface area contributed by atoms with Crippen molar-refractivity contribution in [3.8, 4) is 0 Å². The van der Waals surface area contributed by atoms with E-state index in [1.165, 1.54) is 4.90 Å². The number of alkyl halides is 3. The van der Waals surface area contributed by atoms with Crippen LogP contribution >= 0.6 is 0 Å². The fourth-order valence-electron chi connectivity index (χ4n) is 1.75. The van der Waals surface area contributed by atoms with Gasteiger partial charge in [-0.25, -0.2) is 0 Å². The SMILES string of the molecule is O=C(O)[C@H]1CCCN(C(=O)COCC(F)(F)F)C1. The maximum absolute atomic E-state index is 11.8. The molecule has 0 unspecified atom stereocenters. The van der Waals surface area contributed by atoms with Crippen LogP contribution in [0.4, 0.5) is 13.2 Å². The highest BCUT2D eigenvalue weighted by molar-refractivity contribution is 5.79. The van der Waals surface area contributed by atoms with Crippen molar-refractivity contribution in [2.45, 2.75) is 19.0 Å². The number of aliphatic carboxylic acids is 1. The second kappa shape index (κ2) is 6.03. The summed E-state index contributed by atoms with van der Waals surface area (Å²) >= 11 is 0. The first kappa shape index (κ1) is 14.7. The highest BCUT2D eigenvalue weighted by Gasteiger charge is 2.30. The number of rotatable bonds is 4. The van der Waals surface area contributed by atoms with E-state index in [9.17, 15) is 22.8 Å². The summed E-state index contributed by atoms with van der Waals surface area (Å²) < 4.78 is 39.6. The van der Waals surface area contributed by atoms with Gasteiger partial charge in [0.15, 0.2) is 0 Å². The number of halogens is 3. The molecule has 0 bridgehead atoms. The van der Waals surface area contributed by atoms with E-state index in [1.807, 2.05) is 0 Å². The Balaban J connectivity index is 2.35. The Morgan fingerprint density at radius 1 is 1.39 bits per heavy atom. The van der Waals surface area contributed by atoms with Gasteiger partial charge in [-0.3, -0.25) is 9.59 Å². The van der Waals surface area contributed by atoms with Gasteiger partial charge in [-0.15, -0.1) is 0 Å². The van der Waals surface area contributed by atoms with Crippen molar-refractivity contribution < 1.29 is 32.6 Å². The smallest absolute Gasteiger partial charge is 0.411 e. The second-order valence-electron chi connectivity index (χ2n) is 4.13. The van der Waals surface area contributed by atoms with Crippen molar-refractivity contribution in [1.82, 2.24) is 4.90 Å². The first-order valence-electron chi connectivity index (χ1n) is 5.44. The third kappa shape index (κ3) is 4.91. The Bertz CT molecular complexity index is 319. The molecule has 0 saturated carbocycles. The van der Waals surface area contributed by atoms with E-state index < -0.39 is 37.2 Å². The first-order chi connectivity index (χ1) is 8.29. The number of piperidine rings is 1. The van der Waals surface area contributed by atoms with Gasteiger partial charge in [0.2, 0.25) is 5.91 Å². The van der Waals surface area contributed by atoms with Crippen LogP contribution in [0.3, 0.4) is 0 Å². The number of nitrogens with zero attached hydrogens (tertiary/aromatic N) is 1. The van der Waals surface area contributed by atoms with Gasteiger partial charge in [0.05, 0.1) is 5.92 Å². The van der Waals surface area contributed by atoms with Gasteiger partial charge in [0.1, 0.15) is 13.2 Å². The van der Waals surface area contributed by atoms with Gasteiger partial charge in [-0.1, -0.05) is 0 Å². The van der Waals surface area contributed by atoms with Gasteiger partial charge in [-0.2, -0.15) is 13.2 Å². The molecule has 1 saturated heterocycles. The summed E-state index contributed by atoms with van der Waals surface area (Å²) in [6, 6.07) is 0. The van der Waals surface area contributed by atoms with Gasteiger partial charge < -0.3 is 14.7 Å². The van der Waals surface area contributed by atoms with E-state index in [2.05, 4.69) is 4.74 Å². The molecule has 0 radical (unpaired) electrons. The summed E-state index contributed by atoms with van der Waals surface area (Å²) in [6.07, 6.45) is -3.46. The topological polar surface area (TPSA) is 66.8 Å². The van der Waals surface area contributed by atoms with Crippen LogP contribution in [0.1, 0.15) is 12.8 Å². The molecule has 0 aliphatic carbocycles. The van der Waals surface area contributed by atoms with Crippen molar-refractivity contribution in [3.05, 3.63) is 0 Å². The summed E-state index contributed by atoms with van der Waals surface area (Å²) in [5, 5.41) is 8.80. The fraction of sp³-hybridized carbons (Fsp3) is 0.800. The molecule has 1 rings (SSSR count). The molecule has 1 heterocycles. The minimum Gasteiger partial charge on any atom is -0.481 e. The number of carboxylic acid groups (broad SMARTS) is 1. The van der Waals surface area contributed by atoms with E-state index >= 15 is 0 Å². The molecular formula is C10H14F3NO4. The van der Waals surface area contributed by atoms with Crippen LogP contribution < -0.4 is 0 Å². The Morgan fingerprint density at radius 2 is 2.06 bits per heavy atom. The van der Waals surface area contributed by atoms with Crippen LogP contribution in [0.5, 0.6) is 0 Å². The molecule has 0 spiro atoms. The summed E-state index contributed by atoms with van der Waals surface area (Å²) in [5.41, 5.74) is 0. The van der Waals surface area contributed by atoms with Gasteiger partial charge >= 0.3 is 12.1 Å². The van der Waals surface area contributed by atoms with Crippen molar-refractivity contribution in [1.29, 1.82) is 0 Å². The van der Waals surface area contributed by atoms with Crippen molar-refractivity contribution >= 4 is 11.9 Å². The van der Waals surface area contributed by atoms with E-state index in [-0.39, 0.29) is 6.54 Å². The number of carbonyl (C=O) groups excluding carboxylic acids is 1.